The highest BCUT2D eigenvalue weighted by molar-refractivity contribution is 7.89. The lowest BCUT2D eigenvalue weighted by atomic mass is 10.3. The van der Waals surface area contributed by atoms with Gasteiger partial charge in [0, 0.05) is 32.2 Å². The molecule has 1 fully saturated rings. The fraction of sp³-hybridized carbons (Fsp3) is 0.538. The zero-order valence-corrected chi connectivity index (χ0v) is 13.1. The van der Waals surface area contributed by atoms with Crippen molar-refractivity contribution in [3.63, 3.8) is 0 Å². The van der Waals surface area contributed by atoms with Crippen molar-refractivity contribution in [1.29, 1.82) is 0 Å². The molecular weight excluding hydrogens is 313 g/mol. The Kier molecular flexibility index (Phi) is 5.09. The fourth-order valence-corrected chi connectivity index (χ4v) is 3.89. The molecule has 0 aromatic heterocycles. The number of rotatable bonds is 5. The first-order chi connectivity index (χ1) is 10.4. The van der Waals surface area contributed by atoms with E-state index >= 15 is 0 Å². The van der Waals surface area contributed by atoms with Crippen LogP contribution in [0.15, 0.2) is 23.1 Å². The monoisotopic (exact) mass is 331 g/mol. The Morgan fingerprint density at radius 1 is 1.27 bits per heavy atom. The first kappa shape index (κ1) is 16.8. The average Bonchev–Trinajstić information content (AvgIpc) is 2.48. The smallest absolute Gasteiger partial charge is 0.301 e. The first-order valence-corrected chi connectivity index (χ1v) is 8.46. The Labute approximate surface area is 128 Å². The Bertz CT molecular complexity index is 657. The lowest BCUT2D eigenvalue weighted by molar-refractivity contribution is -0.387. The zero-order valence-electron chi connectivity index (χ0n) is 12.2. The van der Waals surface area contributed by atoms with E-state index in [2.05, 4.69) is 11.8 Å². The van der Waals surface area contributed by atoms with Gasteiger partial charge in [-0.15, -0.1) is 0 Å². The Hall–Kier alpha value is -1.58. The lowest BCUT2D eigenvalue weighted by Crippen LogP contribution is -2.48. The number of benzene rings is 1. The van der Waals surface area contributed by atoms with Crippen LogP contribution in [0.3, 0.4) is 0 Å². The van der Waals surface area contributed by atoms with Gasteiger partial charge in [0.1, 0.15) is 0 Å². The average molecular weight is 331 g/mol. The Morgan fingerprint density at radius 3 is 2.45 bits per heavy atom. The molecule has 1 saturated heterocycles. The Balaban J connectivity index is 2.21. The summed E-state index contributed by atoms with van der Waals surface area (Å²) in [5, 5.41) is 10.7. The van der Waals surface area contributed by atoms with Crippen molar-refractivity contribution >= 4 is 15.7 Å². The van der Waals surface area contributed by atoms with Gasteiger partial charge in [-0.2, -0.15) is 8.70 Å². The van der Waals surface area contributed by atoms with Crippen molar-refractivity contribution in [3.8, 4) is 0 Å². The number of halogens is 1. The van der Waals surface area contributed by atoms with Crippen LogP contribution in [0.2, 0.25) is 0 Å². The lowest BCUT2D eigenvalue weighted by Gasteiger charge is -2.33. The van der Waals surface area contributed by atoms with Gasteiger partial charge in [0.15, 0.2) is 0 Å². The molecule has 2 rings (SSSR count). The fourth-order valence-electron chi connectivity index (χ4n) is 2.45. The molecule has 22 heavy (non-hydrogen) atoms. The number of nitrogens with zero attached hydrogens (tertiary/aromatic N) is 3. The second-order valence-electron chi connectivity index (χ2n) is 5.12. The molecule has 1 aliphatic heterocycles. The minimum atomic E-state index is -3.84. The maximum Gasteiger partial charge on any atom is 0.306 e. The summed E-state index contributed by atoms with van der Waals surface area (Å²) < 4.78 is 39.6. The van der Waals surface area contributed by atoms with Gasteiger partial charge in [0.25, 0.3) is 0 Å². The first-order valence-electron chi connectivity index (χ1n) is 7.02. The van der Waals surface area contributed by atoms with Gasteiger partial charge in [0.05, 0.1) is 9.82 Å². The molecule has 1 aromatic carbocycles. The molecule has 0 unspecified atom stereocenters. The molecule has 122 valence electrons. The number of nitro groups is 1. The van der Waals surface area contributed by atoms with Gasteiger partial charge in [0.2, 0.25) is 15.8 Å². The topological polar surface area (TPSA) is 83.8 Å². The maximum absolute atomic E-state index is 13.3. The van der Waals surface area contributed by atoms with Crippen molar-refractivity contribution < 1.29 is 17.7 Å². The molecule has 0 saturated carbocycles. The normalized spacial score (nSPS) is 17.5. The Morgan fingerprint density at radius 2 is 1.91 bits per heavy atom. The third-order valence-corrected chi connectivity index (χ3v) is 5.52. The molecule has 1 aliphatic rings. The molecule has 1 aromatic rings. The number of hydrogen-bond donors (Lipinski definition) is 0. The largest absolute Gasteiger partial charge is 0.306 e. The summed E-state index contributed by atoms with van der Waals surface area (Å²) >= 11 is 0. The molecule has 0 spiro atoms. The third-order valence-electron chi connectivity index (χ3n) is 3.62. The standard InChI is InChI=1S/C13H18FN3O4S/c1-2-5-15-6-8-16(9-7-15)22(20,21)11-3-4-12(14)13(10-11)17(18)19/h3-4,10H,2,5-9H2,1H3. The van der Waals surface area contributed by atoms with Gasteiger partial charge in [-0.25, -0.2) is 8.42 Å². The molecule has 0 atom stereocenters. The van der Waals surface area contributed by atoms with Crippen molar-refractivity contribution in [3.05, 3.63) is 34.1 Å². The predicted molar refractivity (Wildman–Crippen MR) is 78.5 cm³/mol. The SMILES string of the molecule is CCCN1CCN(S(=O)(=O)c2ccc(F)c([N+](=O)[O-])c2)CC1. The minimum absolute atomic E-state index is 0.246. The molecule has 0 radical (unpaired) electrons. The summed E-state index contributed by atoms with van der Waals surface area (Å²) in [6, 6.07) is 2.66. The zero-order chi connectivity index (χ0) is 16.3. The summed E-state index contributed by atoms with van der Waals surface area (Å²) in [6.45, 7) is 4.87. The van der Waals surface area contributed by atoms with Crippen LogP contribution in [0.5, 0.6) is 0 Å². The van der Waals surface area contributed by atoms with Crippen LogP contribution in [0.4, 0.5) is 10.1 Å². The quantitative estimate of drug-likeness (QED) is 0.602. The highest BCUT2D eigenvalue weighted by atomic mass is 32.2. The molecule has 0 amide bonds. The summed E-state index contributed by atoms with van der Waals surface area (Å²) in [6.07, 6.45) is 0.997. The summed E-state index contributed by atoms with van der Waals surface area (Å²) in [5.41, 5.74) is -0.828. The van der Waals surface area contributed by atoms with Crippen LogP contribution in [0.1, 0.15) is 13.3 Å². The van der Waals surface area contributed by atoms with E-state index in [1.54, 1.807) is 0 Å². The second-order valence-corrected chi connectivity index (χ2v) is 7.05. The van der Waals surface area contributed by atoms with Gasteiger partial charge in [-0.05, 0) is 25.1 Å². The molecule has 0 bridgehead atoms. The van der Waals surface area contributed by atoms with E-state index in [9.17, 15) is 22.9 Å². The van der Waals surface area contributed by atoms with Gasteiger partial charge >= 0.3 is 5.69 Å². The molecule has 1 heterocycles. The number of nitro benzene ring substituents is 1. The summed E-state index contributed by atoms with van der Waals surface area (Å²) in [7, 11) is -3.84. The summed E-state index contributed by atoms with van der Waals surface area (Å²) in [4.78, 5) is 11.7. The third kappa shape index (κ3) is 3.42. The van der Waals surface area contributed by atoms with Crippen LogP contribution in [0, 0.1) is 15.9 Å². The van der Waals surface area contributed by atoms with Crippen LogP contribution in [0.25, 0.3) is 0 Å². The summed E-state index contributed by atoms with van der Waals surface area (Å²) in [5.74, 6) is -1.04. The van der Waals surface area contributed by atoms with E-state index in [4.69, 9.17) is 0 Å². The van der Waals surface area contributed by atoms with Crippen LogP contribution in [-0.4, -0.2) is 55.3 Å². The highest BCUT2D eigenvalue weighted by Gasteiger charge is 2.30. The van der Waals surface area contributed by atoms with E-state index in [-0.39, 0.29) is 4.90 Å². The van der Waals surface area contributed by atoms with Gasteiger partial charge in [-0.1, -0.05) is 6.92 Å². The molecule has 0 N–H and O–H groups in total. The number of sulfonamides is 1. The van der Waals surface area contributed by atoms with Crippen molar-refractivity contribution in [2.45, 2.75) is 18.2 Å². The van der Waals surface area contributed by atoms with Crippen molar-refractivity contribution in [2.24, 2.45) is 0 Å². The van der Waals surface area contributed by atoms with Crippen LogP contribution >= 0.6 is 0 Å². The highest BCUT2D eigenvalue weighted by Crippen LogP contribution is 2.24. The van der Waals surface area contributed by atoms with Crippen LogP contribution < -0.4 is 0 Å². The van der Waals surface area contributed by atoms with Crippen LogP contribution in [-0.2, 0) is 10.0 Å². The molecular formula is C13H18FN3O4S. The van der Waals surface area contributed by atoms with E-state index < -0.39 is 26.5 Å². The van der Waals surface area contributed by atoms with E-state index in [1.165, 1.54) is 4.31 Å². The van der Waals surface area contributed by atoms with Crippen molar-refractivity contribution in [2.75, 3.05) is 32.7 Å². The number of piperazine rings is 1. The predicted octanol–water partition coefficient (Wildman–Crippen LogP) is 1.45. The molecule has 0 aliphatic carbocycles. The van der Waals surface area contributed by atoms with Gasteiger partial charge < -0.3 is 4.90 Å². The molecule has 9 heteroatoms. The van der Waals surface area contributed by atoms with E-state index in [1.807, 2.05) is 0 Å². The number of hydrogen-bond acceptors (Lipinski definition) is 5. The second kappa shape index (κ2) is 6.67. The minimum Gasteiger partial charge on any atom is -0.301 e. The maximum atomic E-state index is 13.3. The van der Waals surface area contributed by atoms with Gasteiger partial charge in [-0.3, -0.25) is 10.1 Å². The molecule has 7 nitrogen and oxygen atoms in total. The van der Waals surface area contributed by atoms with E-state index in [0.717, 1.165) is 31.2 Å². The van der Waals surface area contributed by atoms with Crippen molar-refractivity contribution in [1.82, 2.24) is 9.21 Å². The van der Waals surface area contributed by atoms with E-state index in [0.29, 0.717) is 26.2 Å².